The monoisotopic (exact) mass is 280 g/mol. The molecule has 5 heteroatoms. The van der Waals surface area contributed by atoms with Crippen LogP contribution in [0.5, 0.6) is 0 Å². The maximum absolute atomic E-state index is 8.82. The number of fused-ring (bicyclic) bond motifs is 1. The Hall–Kier alpha value is -2.58. The van der Waals surface area contributed by atoms with Gasteiger partial charge in [-0.15, -0.1) is 0 Å². The predicted molar refractivity (Wildman–Crippen MR) is 83.3 cm³/mol. The number of nitriles is 1. The number of nitrogen functional groups attached to an aromatic ring is 1. The molecule has 0 unspecified atom stereocenters. The Labute approximate surface area is 120 Å². The summed E-state index contributed by atoms with van der Waals surface area (Å²) >= 11 is 1.59. The van der Waals surface area contributed by atoms with E-state index in [1.54, 1.807) is 23.5 Å². The van der Waals surface area contributed by atoms with Crippen LogP contribution in [-0.4, -0.2) is 12.0 Å². The van der Waals surface area contributed by atoms with Crippen LogP contribution >= 0.6 is 11.3 Å². The Morgan fingerprint density at radius 1 is 1.20 bits per heavy atom. The maximum atomic E-state index is 8.82. The van der Waals surface area contributed by atoms with Gasteiger partial charge in [-0.2, -0.15) is 5.26 Å². The standard InChI is InChI=1S/C15H12N4S/c1-19(12-5-2-10(9-16)3-6-12)15-18-13-7-4-11(17)8-14(13)20-15/h2-8H,17H2,1H3. The summed E-state index contributed by atoms with van der Waals surface area (Å²) in [5, 5.41) is 9.72. The Morgan fingerprint density at radius 3 is 2.65 bits per heavy atom. The molecule has 0 saturated carbocycles. The van der Waals surface area contributed by atoms with E-state index in [1.807, 2.05) is 42.3 Å². The van der Waals surface area contributed by atoms with Crippen LogP contribution in [0.1, 0.15) is 5.56 Å². The molecular formula is C15H12N4S. The lowest BCUT2D eigenvalue weighted by Gasteiger charge is -2.15. The van der Waals surface area contributed by atoms with Gasteiger partial charge in [-0.1, -0.05) is 11.3 Å². The lowest BCUT2D eigenvalue weighted by atomic mass is 10.2. The molecule has 2 aromatic carbocycles. The van der Waals surface area contributed by atoms with E-state index >= 15 is 0 Å². The van der Waals surface area contributed by atoms with Crippen molar-refractivity contribution in [3.05, 3.63) is 48.0 Å². The molecule has 0 aliphatic heterocycles. The molecule has 0 aliphatic carbocycles. The number of thiazole rings is 1. The average Bonchev–Trinajstić information content (AvgIpc) is 2.89. The number of nitrogens with two attached hydrogens (primary N) is 1. The van der Waals surface area contributed by atoms with Crippen LogP contribution in [0, 0.1) is 11.3 Å². The van der Waals surface area contributed by atoms with E-state index in [0.717, 1.165) is 26.7 Å². The van der Waals surface area contributed by atoms with Gasteiger partial charge in [0.15, 0.2) is 5.13 Å². The quantitative estimate of drug-likeness (QED) is 0.729. The molecule has 4 nitrogen and oxygen atoms in total. The van der Waals surface area contributed by atoms with E-state index in [9.17, 15) is 0 Å². The summed E-state index contributed by atoms with van der Waals surface area (Å²) in [7, 11) is 1.96. The van der Waals surface area contributed by atoms with Gasteiger partial charge in [-0.05, 0) is 42.5 Å². The van der Waals surface area contributed by atoms with Gasteiger partial charge in [0.1, 0.15) is 0 Å². The lowest BCUT2D eigenvalue weighted by molar-refractivity contribution is 1.18. The van der Waals surface area contributed by atoms with Crippen LogP contribution < -0.4 is 10.6 Å². The zero-order valence-electron chi connectivity index (χ0n) is 10.9. The highest BCUT2D eigenvalue weighted by Gasteiger charge is 2.10. The summed E-state index contributed by atoms with van der Waals surface area (Å²) < 4.78 is 1.07. The molecule has 0 atom stereocenters. The fourth-order valence-electron chi connectivity index (χ4n) is 1.94. The van der Waals surface area contributed by atoms with Crippen molar-refractivity contribution in [3.8, 4) is 6.07 Å². The first-order valence-corrected chi connectivity index (χ1v) is 6.89. The molecule has 0 fully saturated rings. The molecule has 1 aromatic heterocycles. The summed E-state index contributed by atoms with van der Waals surface area (Å²) in [5.74, 6) is 0. The number of anilines is 3. The molecular weight excluding hydrogens is 268 g/mol. The number of nitrogens with zero attached hydrogens (tertiary/aromatic N) is 3. The van der Waals surface area contributed by atoms with E-state index in [2.05, 4.69) is 11.1 Å². The zero-order chi connectivity index (χ0) is 14.1. The molecule has 0 amide bonds. The van der Waals surface area contributed by atoms with Crippen molar-refractivity contribution in [2.24, 2.45) is 0 Å². The number of benzene rings is 2. The fourth-order valence-corrected chi connectivity index (χ4v) is 2.94. The van der Waals surface area contributed by atoms with Crippen molar-refractivity contribution in [2.75, 3.05) is 17.7 Å². The second-order valence-corrected chi connectivity index (χ2v) is 5.45. The van der Waals surface area contributed by atoms with Gasteiger partial charge in [-0.3, -0.25) is 0 Å². The first-order chi connectivity index (χ1) is 9.67. The van der Waals surface area contributed by atoms with Crippen molar-refractivity contribution < 1.29 is 0 Å². The summed E-state index contributed by atoms with van der Waals surface area (Å²) in [5.41, 5.74) is 9.12. The van der Waals surface area contributed by atoms with Crippen LogP contribution in [0.4, 0.5) is 16.5 Å². The number of rotatable bonds is 2. The molecule has 0 spiro atoms. The summed E-state index contributed by atoms with van der Waals surface area (Å²) in [6.45, 7) is 0. The highest BCUT2D eigenvalue weighted by molar-refractivity contribution is 7.22. The molecule has 1 heterocycles. The molecule has 0 saturated heterocycles. The molecule has 0 aliphatic rings. The Morgan fingerprint density at radius 2 is 1.95 bits per heavy atom. The fraction of sp³-hybridized carbons (Fsp3) is 0.0667. The predicted octanol–water partition coefficient (Wildman–Crippen LogP) is 3.52. The van der Waals surface area contributed by atoms with Crippen LogP contribution in [0.3, 0.4) is 0 Å². The van der Waals surface area contributed by atoms with Crippen LogP contribution in [0.2, 0.25) is 0 Å². The molecule has 20 heavy (non-hydrogen) atoms. The van der Waals surface area contributed by atoms with Gasteiger partial charge >= 0.3 is 0 Å². The third kappa shape index (κ3) is 2.17. The van der Waals surface area contributed by atoms with Gasteiger partial charge in [0.25, 0.3) is 0 Å². The molecule has 0 bridgehead atoms. The van der Waals surface area contributed by atoms with Crippen LogP contribution in [0.25, 0.3) is 10.2 Å². The van der Waals surface area contributed by atoms with Crippen LogP contribution in [-0.2, 0) is 0 Å². The van der Waals surface area contributed by atoms with E-state index in [1.165, 1.54) is 0 Å². The second kappa shape index (κ2) is 4.83. The van der Waals surface area contributed by atoms with Gasteiger partial charge < -0.3 is 10.6 Å². The van der Waals surface area contributed by atoms with Crippen molar-refractivity contribution >= 4 is 38.1 Å². The minimum Gasteiger partial charge on any atom is -0.399 e. The first-order valence-electron chi connectivity index (χ1n) is 6.07. The lowest BCUT2D eigenvalue weighted by Crippen LogP contribution is -2.08. The molecule has 3 rings (SSSR count). The van der Waals surface area contributed by atoms with Gasteiger partial charge in [0, 0.05) is 18.4 Å². The third-order valence-electron chi connectivity index (χ3n) is 3.07. The van der Waals surface area contributed by atoms with E-state index in [0.29, 0.717) is 5.56 Å². The van der Waals surface area contributed by atoms with E-state index < -0.39 is 0 Å². The molecule has 0 radical (unpaired) electrons. The Balaban J connectivity index is 1.98. The maximum Gasteiger partial charge on any atom is 0.190 e. The van der Waals surface area contributed by atoms with E-state index in [-0.39, 0.29) is 0 Å². The highest BCUT2D eigenvalue weighted by atomic mass is 32.1. The number of aromatic nitrogens is 1. The van der Waals surface area contributed by atoms with Crippen molar-refractivity contribution in [3.63, 3.8) is 0 Å². The molecule has 98 valence electrons. The van der Waals surface area contributed by atoms with Crippen LogP contribution in [0.15, 0.2) is 42.5 Å². The summed E-state index contributed by atoms with van der Waals surface area (Å²) in [6.07, 6.45) is 0. The van der Waals surface area contributed by atoms with Crippen molar-refractivity contribution in [2.45, 2.75) is 0 Å². The number of hydrogen-bond acceptors (Lipinski definition) is 5. The minimum atomic E-state index is 0.652. The molecule has 3 aromatic rings. The van der Waals surface area contributed by atoms with Gasteiger partial charge in [0.2, 0.25) is 0 Å². The topological polar surface area (TPSA) is 65.9 Å². The highest BCUT2D eigenvalue weighted by Crippen LogP contribution is 2.33. The van der Waals surface area contributed by atoms with Crippen molar-refractivity contribution in [1.29, 1.82) is 5.26 Å². The normalized spacial score (nSPS) is 10.4. The van der Waals surface area contributed by atoms with Gasteiger partial charge in [-0.25, -0.2) is 4.98 Å². The minimum absolute atomic E-state index is 0.652. The summed E-state index contributed by atoms with van der Waals surface area (Å²) in [6, 6.07) is 15.3. The Bertz CT molecular complexity index is 799. The smallest absolute Gasteiger partial charge is 0.190 e. The third-order valence-corrected chi connectivity index (χ3v) is 4.17. The average molecular weight is 280 g/mol. The zero-order valence-corrected chi connectivity index (χ0v) is 11.7. The SMILES string of the molecule is CN(c1ccc(C#N)cc1)c1nc2ccc(N)cc2s1. The molecule has 2 N–H and O–H groups in total. The van der Waals surface area contributed by atoms with Gasteiger partial charge in [0.05, 0.1) is 21.8 Å². The summed E-state index contributed by atoms with van der Waals surface area (Å²) in [4.78, 5) is 6.60. The number of hydrogen-bond donors (Lipinski definition) is 1. The largest absolute Gasteiger partial charge is 0.399 e. The first kappa shape index (κ1) is 12.5. The second-order valence-electron chi connectivity index (χ2n) is 4.44. The van der Waals surface area contributed by atoms with Crippen molar-refractivity contribution in [1.82, 2.24) is 4.98 Å². The Kier molecular flexibility index (Phi) is 3.01. The van der Waals surface area contributed by atoms with E-state index in [4.69, 9.17) is 11.0 Å².